The van der Waals surface area contributed by atoms with Crippen molar-refractivity contribution in [2.75, 3.05) is 26.6 Å². The molecule has 1 unspecified atom stereocenters. The van der Waals surface area contributed by atoms with E-state index in [0.717, 1.165) is 0 Å². The van der Waals surface area contributed by atoms with E-state index in [-0.39, 0.29) is 0 Å². The molecule has 116 valence electrons. The summed E-state index contributed by atoms with van der Waals surface area (Å²) in [5, 5.41) is 11.1. The topological polar surface area (TPSA) is 120 Å². The van der Waals surface area contributed by atoms with Crippen LogP contribution in [0.3, 0.4) is 0 Å². The van der Waals surface area contributed by atoms with Gasteiger partial charge in [-0.2, -0.15) is 0 Å². The number of carboxylic acid groups (broad SMARTS) is 1. The Morgan fingerprint density at radius 3 is 2.10 bits per heavy atom. The lowest BCUT2D eigenvalue weighted by Gasteiger charge is -2.15. The third kappa shape index (κ3) is 4.25. The van der Waals surface area contributed by atoms with E-state index in [2.05, 4.69) is 5.32 Å². The van der Waals surface area contributed by atoms with E-state index in [9.17, 15) is 9.59 Å². The molecule has 0 spiro atoms. The summed E-state index contributed by atoms with van der Waals surface area (Å²) in [5.74, 6) is -0.667. The molecule has 1 amide bonds. The van der Waals surface area contributed by atoms with Gasteiger partial charge in [0, 0.05) is 17.8 Å². The van der Waals surface area contributed by atoms with Crippen molar-refractivity contribution in [2.24, 2.45) is 5.73 Å². The van der Waals surface area contributed by atoms with E-state index in [1.165, 1.54) is 33.5 Å². The first-order chi connectivity index (χ1) is 9.92. The maximum Gasteiger partial charge on any atom is 0.305 e. The van der Waals surface area contributed by atoms with Crippen LogP contribution in [-0.4, -0.2) is 44.4 Å². The van der Waals surface area contributed by atoms with Crippen molar-refractivity contribution in [3.63, 3.8) is 0 Å². The van der Waals surface area contributed by atoms with Crippen LogP contribution >= 0.6 is 0 Å². The summed E-state index contributed by atoms with van der Waals surface area (Å²) >= 11 is 0. The van der Waals surface area contributed by atoms with Crippen molar-refractivity contribution in [3.05, 3.63) is 12.1 Å². The summed E-state index contributed by atoms with van der Waals surface area (Å²) in [5.41, 5.74) is 5.84. The van der Waals surface area contributed by atoms with Crippen LogP contribution in [0.1, 0.15) is 6.42 Å². The fraction of sp³-hybridized carbons (Fsp3) is 0.385. The van der Waals surface area contributed by atoms with E-state index in [1.54, 1.807) is 0 Å². The molecule has 8 nitrogen and oxygen atoms in total. The Morgan fingerprint density at radius 2 is 1.71 bits per heavy atom. The van der Waals surface area contributed by atoms with Crippen LogP contribution in [0.25, 0.3) is 0 Å². The fourth-order valence-electron chi connectivity index (χ4n) is 1.67. The Hall–Kier alpha value is -2.48. The van der Waals surface area contributed by atoms with Crippen molar-refractivity contribution in [3.8, 4) is 17.2 Å². The number of carbonyl (C=O) groups is 2. The van der Waals surface area contributed by atoms with Gasteiger partial charge in [-0.15, -0.1) is 0 Å². The minimum atomic E-state index is -1.15. The van der Waals surface area contributed by atoms with E-state index in [1.807, 2.05) is 0 Å². The van der Waals surface area contributed by atoms with Crippen molar-refractivity contribution in [2.45, 2.75) is 12.5 Å². The first kappa shape index (κ1) is 16.6. The number of carbonyl (C=O) groups excluding carboxylic acids is 1. The van der Waals surface area contributed by atoms with E-state index < -0.39 is 24.3 Å². The summed E-state index contributed by atoms with van der Waals surface area (Å²) in [6.07, 6.45) is -0.462. The molecule has 0 saturated carbocycles. The minimum Gasteiger partial charge on any atom is -0.493 e. The molecule has 1 aromatic carbocycles. The lowest BCUT2D eigenvalue weighted by Crippen LogP contribution is -2.37. The quantitative estimate of drug-likeness (QED) is 0.668. The summed E-state index contributed by atoms with van der Waals surface area (Å²) in [7, 11) is 4.35. The second-order valence-corrected chi connectivity index (χ2v) is 4.11. The molecule has 1 atom stereocenters. The molecule has 8 heteroatoms. The van der Waals surface area contributed by atoms with E-state index in [4.69, 9.17) is 25.1 Å². The highest BCUT2D eigenvalue weighted by molar-refractivity contribution is 5.97. The highest BCUT2D eigenvalue weighted by atomic mass is 16.5. The van der Waals surface area contributed by atoms with Gasteiger partial charge in [0.1, 0.15) is 0 Å². The molecular weight excluding hydrogens is 280 g/mol. The van der Waals surface area contributed by atoms with Crippen LogP contribution in [0.2, 0.25) is 0 Å². The van der Waals surface area contributed by atoms with Crippen LogP contribution in [0.4, 0.5) is 5.69 Å². The molecule has 0 aliphatic carbocycles. The SMILES string of the molecule is COc1cc(NC(=O)C(N)CC(=O)O)cc(OC)c1OC. The number of methoxy groups -OCH3 is 3. The van der Waals surface area contributed by atoms with E-state index in [0.29, 0.717) is 22.9 Å². The van der Waals surface area contributed by atoms with Crippen LogP contribution in [0.15, 0.2) is 12.1 Å². The van der Waals surface area contributed by atoms with Crippen LogP contribution in [-0.2, 0) is 9.59 Å². The molecule has 0 heterocycles. The molecule has 4 N–H and O–H groups in total. The zero-order valence-electron chi connectivity index (χ0n) is 12.0. The lowest BCUT2D eigenvalue weighted by atomic mass is 10.2. The number of aliphatic carboxylic acids is 1. The van der Waals surface area contributed by atoms with Crippen molar-refractivity contribution < 1.29 is 28.9 Å². The zero-order chi connectivity index (χ0) is 16.0. The van der Waals surface area contributed by atoms with Crippen molar-refractivity contribution >= 4 is 17.6 Å². The second-order valence-electron chi connectivity index (χ2n) is 4.11. The first-order valence-electron chi connectivity index (χ1n) is 6.01. The molecule has 0 aliphatic heterocycles. The van der Waals surface area contributed by atoms with Gasteiger partial charge in [0.2, 0.25) is 11.7 Å². The van der Waals surface area contributed by atoms with Crippen LogP contribution < -0.4 is 25.3 Å². The number of nitrogens with two attached hydrogens (primary N) is 1. The standard InChI is InChI=1S/C13H18N2O6/c1-19-9-4-7(5-10(20-2)12(9)21-3)15-13(18)8(14)6-11(16)17/h4-5,8H,6,14H2,1-3H3,(H,15,18)(H,16,17). The van der Waals surface area contributed by atoms with Gasteiger partial charge in [-0.05, 0) is 0 Å². The van der Waals surface area contributed by atoms with Gasteiger partial charge in [0.15, 0.2) is 11.5 Å². The Morgan fingerprint density at radius 1 is 1.19 bits per heavy atom. The van der Waals surface area contributed by atoms with Crippen LogP contribution in [0.5, 0.6) is 17.2 Å². The smallest absolute Gasteiger partial charge is 0.305 e. The van der Waals surface area contributed by atoms with E-state index >= 15 is 0 Å². The van der Waals surface area contributed by atoms with Gasteiger partial charge < -0.3 is 30.4 Å². The first-order valence-corrected chi connectivity index (χ1v) is 6.01. The van der Waals surface area contributed by atoms with Gasteiger partial charge in [0.05, 0.1) is 33.8 Å². The molecular formula is C13H18N2O6. The molecule has 0 fully saturated rings. The molecule has 0 radical (unpaired) electrons. The maximum atomic E-state index is 11.8. The minimum absolute atomic E-state index is 0.357. The van der Waals surface area contributed by atoms with Gasteiger partial charge in [-0.1, -0.05) is 0 Å². The molecule has 0 saturated heterocycles. The number of benzene rings is 1. The molecule has 1 aromatic rings. The monoisotopic (exact) mass is 298 g/mol. The number of ether oxygens (including phenoxy) is 3. The van der Waals surface area contributed by atoms with Crippen molar-refractivity contribution in [1.82, 2.24) is 0 Å². The summed E-state index contributed by atoms with van der Waals surface area (Å²) in [6.45, 7) is 0. The second kappa shape index (κ2) is 7.34. The third-order valence-electron chi connectivity index (χ3n) is 2.66. The molecule has 1 rings (SSSR count). The predicted octanol–water partition coefficient (Wildman–Crippen LogP) is 0.453. The number of rotatable bonds is 7. The van der Waals surface area contributed by atoms with Gasteiger partial charge in [-0.25, -0.2) is 0 Å². The maximum absolute atomic E-state index is 11.8. The predicted molar refractivity (Wildman–Crippen MR) is 75.0 cm³/mol. The Balaban J connectivity index is 2.98. The van der Waals surface area contributed by atoms with Gasteiger partial charge in [0.25, 0.3) is 0 Å². The lowest BCUT2D eigenvalue weighted by molar-refractivity contribution is -0.138. The normalized spacial score (nSPS) is 11.4. The Labute approximate surface area is 121 Å². The number of hydrogen-bond acceptors (Lipinski definition) is 6. The molecule has 0 aromatic heterocycles. The average molecular weight is 298 g/mol. The Kier molecular flexibility index (Phi) is 5.79. The summed E-state index contributed by atoms with van der Waals surface area (Å²) in [6, 6.07) is 1.89. The van der Waals surface area contributed by atoms with Crippen molar-refractivity contribution in [1.29, 1.82) is 0 Å². The van der Waals surface area contributed by atoms with Gasteiger partial charge in [-0.3, -0.25) is 9.59 Å². The average Bonchev–Trinajstić information content (AvgIpc) is 2.45. The summed E-state index contributed by atoms with van der Waals surface area (Å²) < 4.78 is 15.4. The number of anilines is 1. The Bertz CT molecular complexity index is 506. The molecule has 0 aliphatic rings. The number of carboxylic acids is 1. The highest BCUT2D eigenvalue weighted by Gasteiger charge is 2.19. The zero-order valence-corrected chi connectivity index (χ0v) is 12.0. The number of amides is 1. The highest BCUT2D eigenvalue weighted by Crippen LogP contribution is 2.39. The van der Waals surface area contributed by atoms with Gasteiger partial charge >= 0.3 is 5.97 Å². The number of hydrogen-bond donors (Lipinski definition) is 3. The van der Waals surface area contributed by atoms with Crippen LogP contribution in [0, 0.1) is 0 Å². The fourth-order valence-corrected chi connectivity index (χ4v) is 1.67. The number of nitrogens with one attached hydrogen (secondary N) is 1. The molecule has 0 bridgehead atoms. The summed E-state index contributed by atoms with van der Waals surface area (Å²) in [4.78, 5) is 22.3. The largest absolute Gasteiger partial charge is 0.493 e. The molecule has 21 heavy (non-hydrogen) atoms. The third-order valence-corrected chi connectivity index (χ3v) is 2.66.